The van der Waals surface area contributed by atoms with Crippen molar-refractivity contribution in [2.45, 2.75) is 27.3 Å². The molecule has 20 heavy (non-hydrogen) atoms. The lowest BCUT2D eigenvalue weighted by Crippen LogP contribution is -2.05. The number of benzene rings is 1. The summed E-state index contributed by atoms with van der Waals surface area (Å²) in [7, 11) is 0. The van der Waals surface area contributed by atoms with Gasteiger partial charge in [0.1, 0.15) is 5.69 Å². The molecule has 2 aromatic heterocycles. The van der Waals surface area contributed by atoms with Crippen LogP contribution in [0.5, 0.6) is 0 Å². The lowest BCUT2D eigenvalue weighted by Gasteiger charge is -2.11. The predicted molar refractivity (Wildman–Crippen MR) is 82.2 cm³/mol. The van der Waals surface area contributed by atoms with Gasteiger partial charge in [-0.15, -0.1) is 0 Å². The second kappa shape index (κ2) is 4.75. The number of pyridine rings is 1. The normalized spacial score (nSPS) is 11.6. The Morgan fingerprint density at radius 2 is 2.00 bits per heavy atom. The van der Waals surface area contributed by atoms with E-state index in [9.17, 15) is 4.79 Å². The predicted octanol–water partition coefficient (Wildman–Crippen LogP) is 3.97. The fraction of sp³-hybridized carbons (Fsp3) is 0.294. The maximum atomic E-state index is 11.1. The van der Waals surface area contributed by atoms with Gasteiger partial charge in [0.2, 0.25) is 0 Å². The molecule has 0 aliphatic heterocycles. The van der Waals surface area contributed by atoms with Crippen LogP contribution < -0.4 is 0 Å². The number of hydrogen-bond donors (Lipinski definition) is 0. The molecule has 0 N–H and O–H groups in total. The Morgan fingerprint density at radius 3 is 2.70 bits per heavy atom. The third kappa shape index (κ3) is 1.90. The number of fused-ring (bicyclic) bond motifs is 3. The molecule has 0 fully saturated rings. The third-order valence-electron chi connectivity index (χ3n) is 3.61. The third-order valence-corrected chi connectivity index (χ3v) is 3.61. The summed E-state index contributed by atoms with van der Waals surface area (Å²) in [6, 6.07) is 10.2. The van der Waals surface area contributed by atoms with Gasteiger partial charge < -0.3 is 4.57 Å². The highest BCUT2D eigenvalue weighted by atomic mass is 16.1. The SMILES string of the molecule is Cc1nc(C=O)cc2c3ccccc3n(CC(C)C)c12. The first-order valence-electron chi connectivity index (χ1n) is 6.95. The minimum atomic E-state index is 0.502. The topological polar surface area (TPSA) is 34.9 Å². The van der Waals surface area contributed by atoms with Gasteiger partial charge in [0.25, 0.3) is 0 Å². The minimum absolute atomic E-state index is 0.502. The lowest BCUT2D eigenvalue weighted by molar-refractivity contribution is 0.111. The molecule has 3 nitrogen and oxygen atoms in total. The largest absolute Gasteiger partial charge is 0.339 e. The van der Waals surface area contributed by atoms with E-state index in [1.165, 1.54) is 10.9 Å². The van der Waals surface area contributed by atoms with Gasteiger partial charge in [-0.1, -0.05) is 32.0 Å². The van der Waals surface area contributed by atoms with Crippen molar-refractivity contribution < 1.29 is 4.79 Å². The van der Waals surface area contributed by atoms with Crippen LogP contribution in [0.2, 0.25) is 0 Å². The number of carbonyl (C=O) groups excluding carboxylic acids is 1. The van der Waals surface area contributed by atoms with Crippen molar-refractivity contribution in [1.82, 2.24) is 9.55 Å². The number of nitrogens with zero attached hydrogens (tertiary/aromatic N) is 2. The Labute approximate surface area is 118 Å². The molecule has 1 aromatic carbocycles. The fourth-order valence-electron chi connectivity index (χ4n) is 2.91. The van der Waals surface area contributed by atoms with Crippen LogP contribution in [0.15, 0.2) is 30.3 Å². The van der Waals surface area contributed by atoms with Crippen molar-refractivity contribution >= 4 is 28.1 Å². The second-order valence-corrected chi connectivity index (χ2v) is 5.67. The van der Waals surface area contributed by atoms with E-state index >= 15 is 0 Å². The summed E-state index contributed by atoms with van der Waals surface area (Å²) in [4.78, 5) is 15.4. The first-order valence-corrected chi connectivity index (χ1v) is 6.95. The van der Waals surface area contributed by atoms with Gasteiger partial charge in [0.05, 0.1) is 11.2 Å². The number of aldehydes is 1. The number of aryl methyl sites for hydroxylation is 1. The molecule has 0 radical (unpaired) electrons. The van der Waals surface area contributed by atoms with E-state index in [1.54, 1.807) is 0 Å². The van der Waals surface area contributed by atoms with Crippen molar-refractivity contribution in [2.24, 2.45) is 5.92 Å². The van der Waals surface area contributed by atoms with Crippen molar-refractivity contribution in [3.05, 3.63) is 41.7 Å². The van der Waals surface area contributed by atoms with E-state index < -0.39 is 0 Å². The maximum Gasteiger partial charge on any atom is 0.168 e. The summed E-state index contributed by atoms with van der Waals surface area (Å²) in [6.07, 6.45) is 0.820. The number of para-hydroxylation sites is 1. The molecule has 0 amide bonds. The van der Waals surface area contributed by atoms with Crippen LogP contribution in [-0.4, -0.2) is 15.8 Å². The maximum absolute atomic E-state index is 11.1. The number of hydrogen-bond acceptors (Lipinski definition) is 2. The zero-order valence-corrected chi connectivity index (χ0v) is 12.1. The lowest BCUT2D eigenvalue weighted by atomic mass is 10.1. The van der Waals surface area contributed by atoms with Crippen LogP contribution >= 0.6 is 0 Å². The summed E-state index contributed by atoms with van der Waals surface area (Å²) in [5.74, 6) is 0.555. The van der Waals surface area contributed by atoms with Crippen LogP contribution in [0, 0.1) is 12.8 Å². The van der Waals surface area contributed by atoms with Crippen LogP contribution in [-0.2, 0) is 6.54 Å². The molecule has 3 aromatic rings. The van der Waals surface area contributed by atoms with Gasteiger partial charge in [-0.2, -0.15) is 0 Å². The van der Waals surface area contributed by atoms with Gasteiger partial charge in [-0.3, -0.25) is 4.79 Å². The van der Waals surface area contributed by atoms with Crippen molar-refractivity contribution in [1.29, 1.82) is 0 Å². The number of aromatic nitrogens is 2. The summed E-state index contributed by atoms with van der Waals surface area (Å²) in [6.45, 7) is 7.35. The minimum Gasteiger partial charge on any atom is -0.339 e. The van der Waals surface area contributed by atoms with Crippen molar-refractivity contribution in [3.63, 3.8) is 0 Å². The van der Waals surface area contributed by atoms with Gasteiger partial charge in [-0.25, -0.2) is 4.98 Å². The van der Waals surface area contributed by atoms with Gasteiger partial charge in [-0.05, 0) is 25.0 Å². The molecule has 2 heterocycles. The Kier molecular flexibility index (Phi) is 3.05. The van der Waals surface area contributed by atoms with Gasteiger partial charge >= 0.3 is 0 Å². The molecule has 102 valence electrons. The van der Waals surface area contributed by atoms with E-state index in [2.05, 4.69) is 41.6 Å². The zero-order valence-electron chi connectivity index (χ0n) is 12.1. The van der Waals surface area contributed by atoms with E-state index in [1.807, 2.05) is 19.1 Å². The van der Waals surface area contributed by atoms with E-state index in [0.29, 0.717) is 11.6 Å². The fourth-order valence-corrected chi connectivity index (χ4v) is 2.91. The molecule has 0 saturated carbocycles. The second-order valence-electron chi connectivity index (χ2n) is 5.67. The van der Waals surface area contributed by atoms with Crippen molar-refractivity contribution in [2.75, 3.05) is 0 Å². The van der Waals surface area contributed by atoms with Gasteiger partial charge in [0.15, 0.2) is 6.29 Å². The standard InChI is InChI=1S/C17H18N2O/c1-11(2)9-19-16-7-5-4-6-14(16)15-8-13(10-20)18-12(3)17(15)19/h4-8,10-11H,9H2,1-3H3. The monoisotopic (exact) mass is 266 g/mol. The van der Waals surface area contributed by atoms with E-state index in [4.69, 9.17) is 0 Å². The molecule has 0 saturated heterocycles. The van der Waals surface area contributed by atoms with Gasteiger partial charge in [0, 0.05) is 22.8 Å². The highest BCUT2D eigenvalue weighted by Gasteiger charge is 2.14. The molecular weight excluding hydrogens is 248 g/mol. The van der Waals surface area contributed by atoms with Crippen molar-refractivity contribution in [3.8, 4) is 0 Å². The molecular formula is C17H18N2O. The molecule has 0 bridgehead atoms. The molecule has 3 rings (SSSR count). The molecule has 3 heteroatoms. The Hall–Kier alpha value is -2.16. The Bertz CT molecular complexity index is 799. The van der Waals surface area contributed by atoms with Crippen LogP contribution in [0.3, 0.4) is 0 Å². The first-order chi connectivity index (χ1) is 9.61. The number of rotatable bonds is 3. The number of carbonyl (C=O) groups is 1. The summed E-state index contributed by atoms with van der Waals surface area (Å²) in [5.41, 5.74) is 3.78. The van der Waals surface area contributed by atoms with Crippen LogP contribution in [0.4, 0.5) is 0 Å². The van der Waals surface area contributed by atoms with Crippen LogP contribution in [0.1, 0.15) is 30.0 Å². The van der Waals surface area contributed by atoms with E-state index in [0.717, 1.165) is 29.4 Å². The molecule has 0 unspecified atom stereocenters. The summed E-state index contributed by atoms with van der Waals surface area (Å²) >= 11 is 0. The highest BCUT2D eigenvalue weighted by molar-refractivity contribution is 6.09. The zero-order chi connectivity index (χ0) is 14.3. The Balaban J connectivity index is 2.47. The summed E-state index contributed by atoms with van der Waals surface area (Å²) in [5, 5.41) is 2.31. The molecule has 0 spiro atoms. The van der Waals surface area contributed by atoms with E-state index in [-0.39, 0.29) is 0 Å². The first kappa shape index (κ1) is 12.9. The van der Waals surface area contributed by atoms with Crippen LogP contribution in [0.25, 0.3) is 21.8 Å². The quantitative estimate of drug-likeness (QED) is 0.672. The average Bonchev–Trinajstić information content (AvgIpc) is 2.73. The smallest absolute Gasteiger partial charge is 0.168 e. The Morgan fingerprint density at radius 1 is 1.25 bits per heavy atom. The highest BCUT2D eigenvalue weighted by Crippen LogP contribution is 2.31. The molecule has 0 atom stereocenters. The summed E-state index contributed by atoms with van der Waals surface area (Å²) < 4.78 is 2.33. The molecule has 0 aliphatic rings. The molecule has 0 aliphatic carbocycles. The average molecular weight is 266 g/mol.